The Labute approximate surface area is 133 Å². The fourth-order valence-corrected chi connectivity index (χ4v) is 2.13. The van der Waals surface area contributed by atoms with Crippen molar-refractivity contribution in [3.05, 3.63) is 60.2 Å². The lowest BCUT2D eigenvalue weighted by molar-refractivity contribution is 0.591. The SMILES string of the molecule is CN(CCNC(=S)Nc1c(F)cccc1F)c1ccccc1. The predicted octanol–water partition coefficient (Wildman–Crippen LogP) is 3.39. The van der Waals surface area contributed by atoms with E-state index in [2.05, 4.69) is 15.5 Å². The van der Waals surface area contributed by atoms with E-state index in [1.54, 1.807) is 0 Å². The molecule has 0 heterocycles. The minimum atomic E-state index is -0.675. The number of anilines is 2. The lowest BCUT2D eigenvalue weighted by Crippen LogP contribution is -2.35. The molecule has 0 amide bonds. The Morgan fingerprint density at radius 3 is 2.32 bits per heavy atom. The highest BCUT2D eigenvalue weighted by atomic mass is 32.1. The van der Waals surface area contributed by atoms with Crippen LogP contribution in [0.15, 0.2) is 48.5 Å². The molecule has 116 valence electrons. The normalized spacial score (nSPS) is 10.1. The zero-order chi connectivity index (χ0) is 15.9. The van der Waals surface area contributed by atoms with Crippen molar-refractivity contribution in [2.24, 2.45) is 0 Å². The topological polar surface area (TPSA) is 27.3 Å². The van der Waals surface area contributed by atoms with Crippen LogP contribution in [0, 0.1) is 11.6 Å². The van der Waals surface area contributed by atoms with E-state index in [4.69, 9.17) is 12.2 Å². The van der Waals surface area contributed by atoms with Crippen molar-refractivity contribution in [1.82, 2.24) is 5.32 Å². The molecule has 0 unspecified atom stereocenters. The van der Waals surface area contributed by atoms with Crippen LogP contribution in [0.1, 0.15) is 0 Å². The summed E-state index contributed by atoms with van der Waals surface area (Å²) in [5.41, 5.74) is 0.847. The highest BCUT2D eigenvalue weighted by Gasteiger charge is 2.09. The van der Waals surface area contributed by atoms with E-state index in [9.17, 15) is 8.78 Å². The van der Waals surface area contributed by atoms with Gasteiger partial charge in [0.15, 0.2) is 5.11 Å². The van der Waals surface area contributed by atoms with E-state index in [1.807, 2.05) is 37.4 Å². The van der Waals surface area contributed by atoms with E-state index in [0.717, 1.165) is 5.69 Å². The van der Waals surface area contributed by atoms with Crippen molar-refractivity contribution in [2.75, 3.05) is 30.4 Å². The van der Waals surface area contributed by atoms with Gasteiger partial charge in [-0.05, 0) is 36.5 Å². The van der Waals surface area contributed by atoms with Gasteiger partial charge >= 0.3 is 0 Å². The third-order valence-corrected chi connectivity index (χ3v) is 3.38. The Hall–Kier alpha value is -2.21. The summed E-state index contributed by atoms with van der Waals surface area (Å²) in [6.45, 7) is 1.25. The molecule has 0 saturated heterocycles. The van der Waals surface area contributed by atoms with Crippen molar-refractivity contribution in [2.45, 2.75) is 0 Å². The molecule has 0 bridgehead atoms. The summed E-state index contributed by atoms with van der Waals surface area (Å²) in [4.78, 5) is 2.05. The van der Waals surface area contributed by atoms with Gasteiger partial charge in [-0.25, -0.2) is 8.78 Å². The number of thiocarbonyl (C=S) groups is 1. The summed E-state index contributed by atoms with van der Waals surface area (Å²) in [6.07, 6.45) is 0. The highest BCUT2D eigenvalue weighted by Crippen LogP contribution is 2.17. The number of hydrogen-bond donors (Lipinski definition) is 2. The Kier molecular flexibility index (Phi) is 5.66. The van der Waals surface area contributed by atoms with Crippen LogP contribution in [0.4, 0.5) is 20.2 Å². The highest BCUT2D eigenvalue weighted by molar-refractivity contribution is 7.80. The maximum Gasteiger partial charge on any atom is 0.170 e. The first-order chi connectivity index (χ1) is 10.6. The molecule has 0 radical (unpaired) electrons. The Morgan fingerprint density at radius 2 is 1.68 bits per heavy atom. The number of hydrogen-bond acceptors (Lipinski definition) is 2. The Bertz CT molecular complexity index is 614. The molecule has 6 heteroatoms. The van der Waals surface area contributed by atoms with Crippen molar-refractivity contribution in [3.8, 4) is 0 Å². The monoisotopic (exact) mass is 321 g/mol. The Morgan fingerprint density at radius 1 is 1.05 bits per heavy atom. The zero-order valence-corrected chi connectivity index (χ0v) is 13.0. The minimum Gasteiger partial charge on any atom is -0.373 e. The Balaban J connectivity index is 1.81. The molecule has 2 aromatic carbocycles. The number of rotatable bonds is 5. The second kappa shape index (κ2) is 7.70. The lowest BCUT2D eigenvalue weighted by Gasteiger charge is -2.20. The first-order valence-corrected chi connectivity index (χ1v) is 7.24. The van der Waals surface area contributed by atoms with Gasteiger partial charge < -0.3 is 15.5 Å². The van der Waals surface area contributed by atoms with Crippen LogP contribution in [-0.4, -0.2) is 25.2 Å². The van der Waals surface area contributed by atoms with Gasteiger partial charge in [0, 0.05) is 25.8 Å². The largest absolute Gasteiger partial charge is 0.373 e. The zero-order valence-electron chi connectivity index (χ0n) is 12.1. The van der Waals surface area contributed by atoms with Gasteiger partial charge in [-0.3, -0.25) is 0 Å². The summed E-state index contributed by atoms with van der Waals surface area (Å²) in [5.74, 6) is -1.35. The number of halogens is 2. The lowest BCUT2D eigenvalue weighted by atomic mass is 10.3. The molecule has 0 aliphatic rings. The second-order valence-corrected chi connectivity index (χ2v) is 5.14. The van der Waals surface area contributed by atoms with Crippen molar-refractivity contribution in [3.63, 3.8) is 0 Å². The van der Waals surface area contributed by atoms with Gasteiger partial charge in [0.05, 0.1) is 0 Å². The second-order valence-electron chi connectivity index (χ2n) is 4.73. The van der Waals surface area contributed by atoms with Crippen LogP contribution in [-0.2, 0) is 0 Å². The molecule has 2 aromatic rings. The van der Waals surface area contributed by atoms with Gasteiger partial charge in [-0.15, -0.1) is 0 Å². The van der Waals surface area contributed by atoms with Crippen LogP contribution >= 0.6 is 12.2 Å². The first kappa shape index (κ1) is 16.2. The summed E-state index contributed by atoms with van der Waals surface area (Å²) in [7, 11) is 1.96. The summed E-state index contributed by atoms with van der Waals surface area (Å²) < 4.78 is 27.0. The fourth-order valence-electron chi connectivity index (χ4n) is 1.92. The standard InChI is InChI=1S/C16H17F2N3S/c1-21(12-6-3-2-4-7-12)11-10-19-16(22)20-15-13(17)8-5-9-14(15)18/h2-9H,10-11H2,1H3,(H2,19,20,22). The molecule has 0 saturated carbocycles. The van der Waals surface area contributed by atoms with Crippen molar-refractivity contribution in [1.29, 1.82) is 0 Å². The third kappa shape index (κ3) is 4.39. The summed E-state index contributed by atoms with van der Waals surface area (Å²) >= 11 is 5.05. The molecule has 0 spiro atoms. The van der Waals surface area contributed by atoms with E-state index < -0.39 is 11.6 Å². The predicted molar refractivity (Wildman–Crippen MR) is 90.3 cm³/mol. The smallest absolute Gasteiger partial charge is 0.170 e. The molecular formula is C16H17F2N3S. The van der Waals surface area contributed by atoms with Crippen LogP contribution in [0.25, 0.3) is 0 Å². The number of nitrogens with zero attached hydrogens (tertiary/aromatic N) is 1. The van der Waals surface area contributed by atoms with E-state index >= 15 is 0 Å². The third-order valence-electron chi connectivity index (χ3n) is 3.13. The number of likely N-dealkylation sites (N-methyl/N-ethyl adjacent to an activating group) is 1. The maximum absolute atomic E-state index is 13.5. The maximum atomic E-state index is 13.5. The van der Waals surface area contributed by atoms with Gasteiger partial charge in [0.1, 0.15) is 17.3 Å². The van der Waals surface area contributed by atoms with Crippen LogP contribution < -0.4 is 15.5 Å². The van der Waals surface area contributed by atoms with Crippen molar-refractivity contribution < 1.29 is 8.78 Å². The average molecular weight is 321 g/mol. The van der Waals surface area contributed by atoms with Crippen LogP contribution in [0.5, 0.6) is 0 Å². The molecule has 3 nitrogen and oxygen atoms in total. The van der Waals surface area contributed by atoms with Crippen LogP contribution in [0.2, 0.25) is 0 Å². The molecule has 0 aliphatic heterocycles. The number of nitrogens with one attached hydrogen (secondary N) is 2. The van der Waals surface area contributed by atoms with Crippen molar-refractivity contribution >= 4 is 28.7 Å². The van der Waals surface area contributed by atoms with Gasteiger partial charge in [0.2, 0.25) is 0 Å². The summed E-state index contributed by atoms with van der Waals surface area (Å²) in [6, 6.07) is 13.6. The number of benzene rings is 2. The van der Waals surface area contributed by atoms with Crippen LogP contribution in [0.3, 0.4) is 0 Å². The number of para-hydroxylation sites is 2. The van der Waals surface area contributed by atoms with Gasteiger partial charge in [0.25, 0.3) is 0 Å². The van der Waals surface area contributed by atoms with Gasteiger partial charge in [-0.1, -0.05) is 24.3 Å². The average Bonchev–Trinajstić information content (AvgIpc) is 2.52. The quantitative estimate of drug-likeness (QED) is 0.826. The van der Waals surface area contributed by atoms with Gasteiger partial charge in [-0.2, -0.15) is 0 Å². The molecule has 2 rings (SSSR count). The molecule has 0 aromatic heterocycles. The van der Waals surface area contributed by atoms with E-state index in [1.165, 1.54) is 18.2 Å². The molecule has 0 atom stereocenters. The molecule has 0 fully saturated rings. The molecule has 22 heavy (non-hydrogen) atoms. The molecule has 2 N–H and O–H groups in total. The fraction of sp³-hybridized carbons (Fsp3) is 0.188. The minimum absolute atomic E-state index is 0.186. The van der Waals surface area contributed by atoms with E-state index in [-0.39, 0.29) is 10.8 Å². The van der Waals surface area contributed by atoms with E-state index in [0.29, 0.717) is 13.1 Å². The summed E-state index contributed by atoms with van der Waals surface area (Å²) in [5, 5.41) is 5.66. The first-order valence-electron chi connectivity index (χ1n) is 6.83. The molecular weight excluding hydrogens is 304 g/mol. The molecule has 0 aliphatic carbocycles.